The van der Waals surface area contributed by atoms with Crippen molar-refractivity contribution in [3.8, 4) is 11.8 Å². The molecule has 13 heteroatoms. The predicted molar refractivity (Wildman–Crippen MR) is 150 cm³/mol. The molecule has 1 aromatic rings. The fourth-order valence-electron chi connectivity index (χ4n) is 6.56. The van der Waals surface area contributed by atoms with Crippen LogP contribution in [0.2, 0.25) is 0 Å². The lowest BCUT2D eigenvalue weighted by atomic mass is 9.83. The molecule has 0 aromatic heterocycles. The van der Waals surface area contributed by atoms with Crippen LogP contribution in [-0.4, -0.2) is 84.2 Å². The molecule has 3 fully saturated rings. The van der Waals surface area contributed by atoms with Gasteiger partial charge in [0.15, 0.2) is 6.10 Å². The number of halogens is 1. The van der Waals surface area contributed by atoms with Crippen LogP contribution in [0.15, 0.2) is 18.2 Å². The van der Waals surface area contributed by atoms with Gasteiger partial charge in [0.2, 0.25) is 17.7 Å². The van der Waals surface area contributed by atoms with Crippen LogP contribution in [0.5, 0.6) is 5.75 Å². The van der Waals surface area contributed by atoms with Crippen LogP contribution >= 0.6 is 0 Å². The largest absolute Gasteiger partial charge is 0.478 e. The molecule has 0 spiro atoms. The Kier molecular flexibility index (Phi) is 8.13. The Bertz CT molecular complexity index is 1350. The van der Waals surface area contributed by atoms with Crippen LogP contribution < -0.4 is 20.7 Å². The number of aliphatic hydroxyl groups is 1. The predicted octanol–water partition coefficient (Wildman–Crippen LogP) is 0.946. The zero-order valence-corrected chi connectivity index (χ0v) is 24.7. The van der Waals surface area contributed by atoms with E-state index in [9.17, 15) is 33.9 Å². The summed E-state index contributed by atoms with van der Waals surface area (Å²) in [5.74, 6) is -2.80. The SMILES string of the molecule is CC(C)(CO)C(NC(=O)[C@H]1CCOC1)C(=O)N1C[C@H]2[C@@H]([C@H]1C(=O)NC(C#N)C[C@@H]1Oc3ccc(F)cc3NC1=O)C2(C)C. The topological polar surface area (TPSA) is 170 Å². The minimum absolute atomic E-state index is 0.0360. The summed E-state index contributed by atoms with van der Waals surface area (Å²) in [4.78, 5) is 55.0. The molecule has 5 rings (SSSR count). The number of nitrogens with one attached hydrogen (secondary N) is 3. The Morgan fingerprint density at radius 1 is 1.28 bits per heavy atom. The smallest absolute Gasteiger partial charge is 0.265 e. The van der Waals surface area contributed by atoms with Crippen molar-refractivity contribution in [3.05, 3.63) is 24.0 Å². The van der Waals surface area contributed by atoms with Gasteiger partial charge in [-0.15, -0.1) is 0 Å². The van der Waals surface area contributed by atoms with E-state index in [2.05, 4.69) is 16.0 Å². The van der Waals surface area contributed by atoms with Crippen LogP contribution in [0, 0.1) is 45.7 Å². The maximum atomic E-state index is 14.1. The molecular weight excluding hydrogens is 561 g/mol. The van der Waals surface area contributed by atoms with Gasteiger partial charge in [-0.05, 0) is 35.8 Å². The second-order valence-electron chi connectivity index (χ2n) is 13.2. The number of carbonyl (C=O) groups excluding carboxylic acids is 4. The molecule has 3 heterocycles. The van der Waals surface area contributed by atoms with E-state index in [0.29, 0.717) is 13.0 Å². The van der Waals surface area contributed by atoms with E-state index in [1.54, 1.807) is 13.8 Å². The first-order valence-corrected chi connectivity index (χ1v) is 14.5. The van der Waals surface area contributed by atoms with Gasteiger partial charge in [-0.25, -0.2) is 4.39 Å². The van der Waals surface area contributed by atoms with E-state index in [0.717, 1.165) is 6.07 Å². The molecule has 1 aromatic carbocycles. The molecule has 12 nitrogen and oxygen atoms in total. The molecule has 1 aliphatic carbocycles. The third kappa shape index (κ3) is 5.78. The van der Waals surface area contributed by atoms with Crippen molar-refractivity contribution in [2.24, 2.45) is 28.6 Å². The fraction of sp³-hybridized carbons (Fsp3) is 0.633. The summed E-state index contributed by atoms with van der Waals surface area (Å²) < 4.78 is 24.6. The number of hydrogen-bond donors (Lipinski definition) is 4. The average molecular weight is 600 g/mol. The molecule has 4 amide bonds. The molecule has 2 unspecified atom stereocenters. The number of likely N-dealkylation sites (tertiary alicyclic amines) is 1. The quantitative estimate of drug-likeness (QED) is 0.325. The zero-order chi connectivity index (χ0) is 31.3. The highest BCUT2D eigenvalue weighted by Gasteiger charge is 2.70. The first-order chi connectivity index (χ1) is 20.3. The van der Waals surface area contributed by atoms with Crippen LogP contribution in [0.25, 0.3) is 0 Å². The maximum Gasteiger partial charge on any atom is 0.265 e. The summed E-state index contributed by atoms with van der Waals surface area (Å²) in [5.41, 5.74) is -1.08. The van der Waals surface area contributed by atoms with E-state index in [4.69, 9.17) is 9.47 Å². The van der Waals surface area contributed by atoms with Gasteiger partial charge in [0, 0.05) is 31.1 Å². The van der Waals surface area contributed by atoms with Crippen LogP contribution in [0.4, 0.5) is 10.1 Å². The molecule has 0 bridgehead atoms. The molecule has 3 aliphatic heterocycles. The summed E-state index contributed by atoms with van der Waals surface area (Å²) in [5, 5.41) is 28.1. The molecular formula is C30H38FN5O7. The van der Waals surface area contributed by atoms with Crippen molar-refractivity contribution in [2.75, 3.05) is 31.7 Å². The third-order valence-corrected chi connectivity index (χ3v) is 9.47. The van der Waals surface area contributed by atoms with Crippen molar-refractivity contribution < 1.29 is 38.1 Å². The first-order valence-electron chi connectivity index (χ1n) is 14.5. The maximum absolute atomic E-state index is 14.1. The van der Waals surface area contributed by atoms with Crippen LogP contribution in [0.1, 0.15) is 40.5 Å². The van der Waals surface area contributed by atoms with Crippen molar-refractivity contribution in [1.29, 1.82) is 5.26 Å². The number of benzene rings is 1. The molecule has 4 aliphatic rings. The minimum Gasteiger partial charge on any atom is -0.478 e. The van der Waals surface area contributed by atoms with Crippen molar-refractivity contribution in [1.82, 2.24) is 15.5 Å². The second kappa shape index (κ2) is 11.4. The highest BCUT2D eigenvalue weighted by Crippen LogP contribution is 2.65. The van der Waals surface area contributed by atoms with Gasteiger partial charge >= 0.3 is 0 Å². The van der Waals surface area contributed by atoms with Gasteiger partial charge in [0.1, 0.15) is 29.7 Å². The standard InChI is InChI=1S/C30H38FN5O7/c1-29(2,14-37)24(35-25(38)15-7-8-42-13-15)28(41)36-12-18-22(30(18,3)4)23(36)27(40)33-17(11-32)10-21-26(39)34-19-9-16(31)5-6-20(19)43-21/h5-6,9,15,17-18,21-24,37H,7-8,10,12-14H2,1-4H3,(H,33,40)(H,34,39)(H,35,38)/t15-,17?,18-,21-,22-,23-,24?/m0/s1. The lowest BCUT2D eigenvalue weighted by Gasteiger charge is -2.39. The lowest BCUT2D eigenvalue weighted by Crippen LogP contribution is -2.61. The number of nitrogens with zero attached hydrogens (tertiary/aromatic N) is 2. The first kappa shape index (κ1) is 30.7. The average Bonchev–Trinajstić information content (AvgIpc) is 3.42. The number of amides is 4. The zero-order valence-electron chi connectivity index (χ0n) is 24.7. The molecule has 43 heavy (non-hydrogen) atoms. The number of anilines is 1. The Balaban J connectivity index is 1.32. The normalized spacial score (nSPS) is 28.3. The number of rotatable bonds is 9. The Labute approximate surface area is 249 Å². The van der Waals surface area contributed by atoms with E-state index >= 15 is 0 Å². The Hall–Kier alpha value is -3.76. The number of carbonyl (C=O) groups is 4. The number of hydrogen-bond acceptors (Lipinski definition) is 8. The van der Waals surface area contributed by atoms with Gasteiger partial charge in [0.05, 0.1) is 30.9 Å². The lowest BCUT2D eigenvalue weighted by molar-refractivity contribution is -0.147. The highest BCUT2D eigenvalue weighted by molar-refractivity contribution is 5.98. The van der Waals surface area contributed by atoms with E-state index in [1.165, 1.54) is 17.0 Å². The fourth-order valence-corrected chi connectivity index (χ4v) is 6.56. The number of fused-ring (bicyclic) bond motifs is 2. The molecule has 0 radical (unpaired) electrons. The van der Waals surface area contributed by atoms with E-state index in [-0.39, 0.29) is 60.8 Å². The monoisotopic (exact) mass is 599 g/mol. The molecule has 1 saturated carbocycles. The van der Waals surface area contributed by atoms with Crippen molar-refractivity contribution in [2.45, 2.75) is 64.8 Å². The summed E-state index contributed by atoms with van der Waals surface area (Å²) in [6, 6.07) is 2.54. The summed E-state index contributed by atoms with van der Waals surface area (Å²) in [7, 11) is 0. The third-order valence-electron chi connectivity index (χ3n) is 9.47. The van der Waals surface area contributed by atoms with Gasteiger partial charge in [-0.3, -0.25) is 19.2 Å². The number of aliphatic hydroxyl groups excluding tert-OH is 1. The second-order valence-corrected chi connectivity index (χ2v) is 13.2. The Morgan fingerprint density at radius 3 is 2.67 bits per heavy atom. The van der Waals surface area contributed by atoms with Crippen LogP contribution in [0.3, 0.4) is 0 Å². The van der Waals surface area contributed by atoms with Gasteiger partial charge in [-0.2, -0.15) is 5.26 Å². The van der Waals surface area contributed by atoms with Gasteiger partial charge in [0.25, 0.3) is 5.91 Å². The highest BCUT2D eigenvalue weighted by atomic mass is 19.1. The molecule has 4 N–H and O–H groups in total. The number of nitriles is 1. The summed E-state index contributed by atoms with van der Waals surface area (Å²) in [6.45, 7) is 7.98. The summed E-state index contributed by atoms with van der Waals surface area (Å²) >= 11 is 0. The van der Waals surface area contributed by atoms with Crippen molar-refractivity contribution in [3.63, 3.8) is 0 Å². The summed E-state index contributed by atoms with van der Waals surface area (Å²) in [6.07, 6.45) is -0.762. The number of piperidine rings is 1. The molecule has 2 saturated heterocycles. The van der Waals surface area contributed by atoms with Crippen molar-refractivity contribution >= 4 is 29.3 Å². The van der Waals surface area contributed by atoms with E-state index in [1.807, 2.05) is 19.9 Å². The van der Waals surface area contributed by atoms with Gasteiger partial charge < -0.3 is 35.4 Å². The minimum atomic E-state index is -1.13. The molecule has 232 valence electrons. The van der Waals surface area contributed by atoms with Crippen LogP contribution in [-0.2, 0) is 23.9 Å². The van der Waals surface area contributed by atoms with Gasteiger partial charge in [-0.1, -0.05) is 27.7 Å². The van der Waals surface area contributed by atoms with E-state index < -0.39 is 59.1 Å². The molecule has 7 atom stereocenters. The Morgan fingerprint density at radius 2 is 2.02 bits per heavy atom. The number of ether oxygens (including phenoxy) is 2.